The first-order valence-electron chi connectivity index (χ1n) is 8.48. The predicted octanol–water partition coefficient (Wildman–Crippen LogP) is 2.11. The Morgan fingerprint density at radius 1 is 1.27 bits per heavy atom. The molecule has 1 aliphatic heterocycles. The molecule has 1 saturated heterocycles. The van der Waals surface area contributed by atoms with E-state index in [2.05, 4.69) is 18.4 Å². The molecule has 0 radical (unpaired) electrons. The van der Waals surface area contributed by atoms with Crippen LogP contribution >= 0.6 is 0 Å². The van der Waals surface area contributed by atoms with Crippen molar-refractivity contribution in [2.24, 2.45) is 11.8 Å². The summed E-state index contributed by atoms with van der Waals surface area (Å²) in [6.07, 6.45) is 2.57. The van der Waals surface area contributed by atoms with Gasteiger partial charge in [0, 0.05) is 32.7 Å². The lowest BCUT2D eigenvalue weighted by molar-refractivity contribution is 0.0203. The maximum absolute atomic E-state index is 11.7. The largest absolute Gasteiger partial charge is 0.450 e. The SMILES string of the molecule is C=C(C)[C@H]1CC[C@H](O)[C@H](CN2CCN(C(=O)OCC)CC2)C1. The van der Waals surface area contributed by atoms with Crippen LogP contribution in [0.4, 0.5) is 4.79 Å². The van der Waals surface area contributed by atoms with E-state index in [1.54, 1.807) is 4.90 Å². The molecule has 2 fully saturated rings. The van der Waals surface area contributed by atoms with Crippen molar-refractivity contribution >= 4 is 6.09 Å². The average Bonchev–Trinajstić information content (AvgIpc) is 2.50. The van der Waals surface area contributed by atoms with Crippen LogP contribution in [0.3, 0.4) is 0 Å². The Hall–Kier alpha value is -1.07. The van der Waals surface area contributed by atoms with E-state index in [0.717, 1.165) is 38.9 Å². The lowest BCUT2D eigenvalue weighted by Gasteiger charge is -2.40. The Morgan fingerprint density at radius 3 is 2.55 bits per heavy atom. The Morgan fingerprint density at radius 2 is 1.95 bits per heavy atom. The van der Waals surface area contributed by atoms with Crippen molar-refractivity contribution in [2.75, 3.05) is 39.3 Å². The number of hydrogen-bond acceptors (Lipinski definition) is 4. The summed E-state index contributed by atoms with van der Waals surface area (Å²) in [4.78, 5) is 15.8. The van der Waals surface area contributed by atoms with Gasteiger partial charge in [-0.2, -0.15) is 0 Å². The molecule has 22 heavy (non-hydrogen) atoms. The van der Waals surface area contributed by atoms with E-state index in [9.17, 15) is 9.90 Å². The molecule has 0 bridgehead atoms. The molecule has 2 aliphatic rings. The number of aliphatic hydroxyl groups is 1. The number of piperazine rings is 1. The molecule has 5 heteroatoms. The Kier molecular flexibility index (Phi) is 6.26. The molecular weight excluding hydrogens is 280 g/mol. The second kappa shape index (κ2) is 7.97. The first-order valence-corrected chi connectivity index (χ1v) is 8.48. The standard InChI is InChI=1S/C17H30N2O3/c1-4-22-17(21)19-9-7-18(8-10-19)12-15-11-14(13(2)3)5-6-16(15)20/h14-16,20H,2,4-12H2,1,3H3/t14-,15-,16-/m0/s1. The first kappa shape index (κ1) is 17.3. The predicted molar refractivity (Wildman–Crippen MR) is 86.7 cm³/mol. The number of amides is 1. The van der Waals surface area contributed by atoms with Gasteiger partial charge in [-0.15, -0.1) is 0 Å². The van der Waals surface area contributed by atoms with Crippen LogP contribution in [0, 0.1) is 11.8 Å². The molecular formula is C17H30N2O3. The van der Waals surface area contributed by atoms with E-state index in [-0.39, 0.29) is 12.2 Å². The van der Waals surface area contributed by atoms with Crippen LogP contribution in [0.25, 0.3) is 0 Å². The van der Waals surface area contributed by atoms with E-state index < -0.39 is 0 Å². The van der Waals surface area contributed by atoms with Gasteiger partial charge >= 0.3 is 6.09 Å². The smallest absolute Gasteiger partial charge is 0.409 e. The Balaban J connectivity index is 1.79. The van der Waals surface area contributed by atoms with E-state index in [1.165, 1.54) is 5.57 Å². The monoisotopic (exact) mass is 310 g/mol. The molecule has 0 aromatic rings. The van der Waals surface area contributed by atoms with Gasteiger partial charge in [0.25, 0.3) is 0 Å². The van der Waals surface area contributed by atoms with Crippen LogP contribution in [0.1, 0.15) is 33.1 Å². The highest BCUT2D eigenvalue weighted by molar-refractivity contribution is 5.67. The molecule has 0 aromatic heterocycles. The Labute approximate surface area is 133 Å². The summed E-state index contributed by atoms with van der Waals surface area (Å²) in [6, 6.07) is 0. The number of carbonyl (C=O) groups excluding carboxylic acids is 1. The van der Waals surface area contributed by atoms with Gasteiger partial charge in [0.05, 0.1) is 12.7 Å². The minimum Gasteiger partial charge on any atom is -0.450 e. The molecule has 5 nitrogen and oxygen atoms in total. The minimum atomic E-state index is -0.206. The molecule has 1 N–H and O–H groups in total. The zero-order valence-electron chi connectivity index (χ0n) is 14.0. The second-order valence-electron chi connectivity index (χ2n) is 6.67. The van der Waals surface area contributed by atoms with Gasteiger partial charge in [0.1, 0.15) is 0 Å². The first-order chi connectivity index (χ1) is 10.5. The molecule has 126 valence electrons. The molecule has 0 spiro atoms. The molecule has 0 unspecified atom stereocenters. The number of carbonyl (C=O) groups is 1. The number of allylic oxidation sites excluding steroid dienone is 1. The molecule has 1 saturated carbocycles. The van der Waals surface area contributed by atoms with Crippen LogP contribution < -0.4 is 0 Å². The summed E-state index contributed by atoms with van der Waals surface area (Å²) in [7, 11) is 0. The Bertz CT molecular complexity index is 391. The van der Waals surface area contributed by atoms with Crippen molar-refractivity contribution in [2.45, 2.75) is 39.2 Å². The van der Waals surface area contributed by atoms with Crippen molar-refractivity contribution in [3.63, 3.8) is 0 Å². The van der Waals surface area contributed by atoms with Gasteiger partial charge in [-0.3, -0.25) is 4.90 Å². The minimum absolute atomic E-state index is 0.196. The van der Waals surface area contributed by atoms with Gasteiger partial charge < -0.3 is 14.7 Å². The van der Waals surface area contributed by atoms with E-state index >= 15 is 0 Å². The van der Waals surface area contributed by atoms with E-state index in [4.69, 9.17) is 4.74 Å². The molecule has 1 aliphatic carbocycles. The van der Waals surface area contributed by atoms with Crippen LogP contribution in [-0.2, 0) is 4.74 Å². The van der Waals surface area contributed by atoms with Crippen LogP contribution in [-0.4, -0.2) is 66.4 Å². The van der Waals surface area contributed by atoms with Crippen molar-refractivity contribution in [3.8, 4) is 0 Å². The maximum Gasteiger partial charge on any atom is 0.409 e. The van der Waals surface area contributed by atoms with Gasteiger partial charge in [-0.25, -0.2) is 4.79 Å². The second-order valence-corrected chi connectivity index (χ2v) is 6.67. The quantitative estimate of drug-likeness (QED) is 0.808. The molecule has 2 rings (SSSR count). The number of aliphatic hydroxyl groups excluding tert-OH is 1. The number of hydrogen-bond donors (Lipinski definition) is 1. The third-order valence-corrected chi connectivity index (χ3v) is 5.03. The summed E-state index contributed by atoms with van der Waals surface area (Å²) in [6.45, 7) is 12.5. The highest BCUT2D eigenvalue weighted by Crippen LogP contribution is 2.33. The van der Waals surface area contributed by atoms with Gasteiger partial charge in [-0.1, -0.05) is 12.2 Å². The summed E-state index contributed by atoms with van der Waals surface area (Å²) in [5.74, 6) is 0.874. The van der Waals surface area contributed by atoms with Gasteiger partial charge in [-0.05, 0) is 44.9 Å². The van der Waals surface area contributed by atoms with Crippen molar-refractivity contribution in [1.82, 2.24) is 9.80 Å². The lowest BCUT2D eigenvalue weighted by atomic mass is 9.76. The summed E-state index contributed by atoms with van der Waals surface area (Å²) < 4.78 is 5.04. The third-order valence-electron chi connectivity index (χ3n) is 5.03. The van der Waals surface area contributed by atoms with Gasteiger partial charge in [0.2, 0.25) is 0 Å². The normalized spacial score (nSPS) is 30.1. The van der Waals surface area contributed by atoms with E-state index in [0.29, 0.717) is 31.5 Å². The molecule has 3 atom stereocenters. The fourth-order valence-electron chi connectivity index (χ4n) is 3.55. The fourth-order valence-corrected chi connectivity index (χ4v) is 3.55. The highest BCUT2D eigenvalue weighted by atomic mass is 16.6. The topological polar surface area (TPSA) is 53.0 Å². The zero-order valence-corrected chi connectivity index (χ0v) is 14.0. The summed E-state index contributed by atoms with van der Waals surface area (Å²) in [5, 5.41) is 10.3. The molecule has 1 amide bonds. The fraction of sp³-hybridized carbons (Fsp3) is 0.824. The highest BCUT2D eigenvalue weighted by Gasteiger charge is 2.32. The van der Waals surface area contributed by atoms with Gasteiger partial charge in [0.15, 0.2) is 0 Å². The summed E-state index contributed by atoms with van der Waals surface area (Å²) >= 11 is 0. The van der Waals surface area contributed by atoms with Crippen molar-refractivity contribution < 1.29 is 14.6 Å². The lowest BCUT2D eigenvalue weighted by Crippen LogP contribution is -2.51. The van der Waals surface area contributed by atoms with Crippen LogP contribution in [0.2, 0.25) is 0 Å². The summed E-state index contributed by atoms with van der Waals surface area (Å²) in [5.41, 5.74) is 1.24. The molecule has 1 heterocycles. The van der Waals surface area contributed by atoms with Crippen molar-refractivity contribution in [3.05, 3.63) is 12.2 Å². The van der Waals surface area contributed by atoms with Crippen molar-refractivity contribution in [1.29, 1.82) is 0 Å². The number of nitrogens with zero attached hydrogens (tertiary/aromatic N) is 2. The van der Waals surface area contributed by atoms with Crippen LogP contribution in [0.5, 0.6) is 0 Å². The third kappa shape index (κ3) is 4.46. The molecule has 0 aromatic carbocycles. The maximum atomic E-state index is 11.7. The number of rotatable bonds is 4. The number of ether oxygens (including phenoxy) is 1. The average molecular weight is 310 g/mol. The van der Waals surface area contributed by atoms with Crippen LogP contribution in [0.15, 0.2) is 12.2 Å². The zero-order chi connectivity index (χ0) is 16.1. The van der Waals surface area contributed by atoms with E-state index in [1.807, 2.05) is 6.92 Å².